The van der Waals surface area contributed by atoms with Gasteiger partial charge in [-0.05, 0) is 31.6 Å². The van der Waals surface area contributed by atoms with E-state index >= 15 is 0 Å². The lowest BCUT2D eigenvalue weighted by Gasteiger charge is -2.10. The van der Waals surface area contributed by atoms with Crippen LogP contribution in [0.1, 0.15) is 43.5 Å². The van der Waals surface area contributed by atoms with Gasteiger partial charge >= 0.3 is 5.97 Å². The van der Waals surface area contributed by atoms with Crippen LogP contribution in [0.5, 0.6) is 0 Å². The Morgan fingerprint density at radius 2 is 2.00 bits per heavy atom. The fourth-order valence-corrected chi connectivity index (χ4v) is 1.57. The van der Waals surface area contributed by atoms with Gasteiger partial charge in [0.25, 0.3) is 0 Å². The molecule has 1 atom stereocenters. The van der Waals surface area contributed by atoms with Crippen LogP contribution in [0.2, 0.25) is 0 Å². The van der Waals surface area contributed by atoms with Crippen molar-refractivity contribution in [1.82, 2.24) is 0 Å². The molecule has 0 saturated carbocycles. The highest BCUT2D eigenvalue weighted by atomic mass is 19.1. The Morgan fingerprint density at radius 3 is 2.58 bits per heavy atom. The normalized spacial score (nSPS) is 12.6. The molecule has 0 heterocycles. The van der Waals surface area contributed by atoms with Gasteiger partial charge in [0.05, 0.1) is 0 Å². The zero-order valence-electron chi connectivity index (χ0n) is 11.2. The van der Waals surface area contributed by atoms with E-state index in [1.54, 1.807) is 13.0 Å². The average Bonchev–Trinajstić information content (AvgIpc) is 2.34. The van der Waals surface area contributed by atoms with Crippen LogP contribution < -0.4 is 0 Å². The number of unbranched alkanes of at least 4 members (excludes halogenated alkanes) is 2. The van der Waals surface area contributed by atoms with Gasteiger partial charge in [0.1, 0.15) is 23.3 Å². The van der Waals surface area contributed by atoms with Crippen molar-refractivity contribution in [2.45, 2.75) is 39.2 Å². The zero-order chi connectivity index (χ0) is 14.3. The molecule has 4 heteroatoms. The highest BCUT2D eigenvalue weighted by molar-refractivity contribution is 5.90. The van der Waals surface area contributed by atoms with Crippen molar-refractivity contribution in [2.75, 3.05) is 0 Å². The van der Waals surface area contributed by atoms with Crippen LogP contribution in [0.3, 0.4) is 0 Å². The topological polar surface area (TPSA) is 26.3 Å². The Hall–Kier alpha value is -1.71. The first kappa shape index (κ1) is 15.3. The summed E-state index contributed by atoms with van der Waals surface area (Å²) in [5.41, 5.74) is -0.642. The zero-order valence-corrected chi connectivity index (χ0v) is 11.2. The van der Waals surface area contributed by atoms with Gasteiger partial charge in [0.15, 0.2) is 0 Å². The van der Waals surface area contributed by atoms with Crippen LogP contribution >= 0.6 is 0 Å². The number of esters is 1. The van der Waals surface area contributed by atoms with Crippen LogP contribution in [0.25, 0.3) is 0 Å². The van der Waals surface area contributed by atoms with Crippen molar-refractivity contribution >= 4 is 5.97 Å². The fraction of sp³-hybridized carbons (Fsp3) is 0.400. The summed E-state index contributed by atoms with van der Waals surface area (Å²) in [6.07, 6.45) is 6.14. The maximum Gasteiger partial charge on any atom is 0.344 e. The summed E-state index contributed by atoms with van der Waals surface area (Å²) in [5, 5.41) is 0. The fourth-order valence-electron chi connectivity index (χ4n) is 1.57. The predicted octanol–water partition coefficient (Wildman–Crippen LogP) is 4.26. The maximum absolute atomic E-state index is 13.3. The first-order valence-electron chi connectivity index (χ1n) is 6.38. The molecular weight excluding hydrogens is 250 g/mol. The molecule has 0 amide bonds. The SMILES string of the molecule is CCCC/C=C/C(C)OC(=O)c1c(F)cccc1F. The third-order valence-electron chi connectivity index (χ3n) is 2.59. The van der Waals surface area contributed by atoms with Crippen LogP contribution in [0.4, 0.5) is 8.78 Å². The summed E-state index contributed by atoms with van der Waals surface area (Å²) < 4.78 is 31.7. The molecule has 0 radical (unpaired) electrons. The number of carbonyl (C=O) groups excluding carboxylic acids is 1. The van der Waals surface area contributed by atoms with E-state index in [1.165, 1.54) is 6.07 Å². The summed E-state index contributed by atoms with van der Waals surface area (Å²) in [4.78, 5) is 11.6. The lowest BCUT2D eigenvalue weighted by molar-refractivity contribution is 0.0413. The highest BCUT2D eigenvalue weighted by Gasteiger charge is 2.19. The minimum Gasteiger partial charge on any atom is -0.455 e. The molecule has 1 rings (SSSR count). The molecule has 0 saturated heterocycles. The third kappa shape index (κ3) is 4.81. The molecule has 0 bridgehead atoms. The van der Waals surface area contributed by atoms with E-state index in [4.69, 9.17) is 4.74 Å². The highest BCUT2D eigenvalue weighted by Crippen LogP contribution is 2.14. The largest absolute Gasteiger partial charge is 0.455 e. The van der Waals surface area contributed by atoms with Gasteiger partial charge in [-0.2, -0.15) is 0 Å². The summed E-state index contributed by atoms with van der Waals surface area (Å²) in [5.74, 6) is -2.80. The van der Waals surface area contributed by atoms with Crippen molar-refractivity contribution in [1.29, 1.82) is 0 Å². The maximum atomic E-state index is 13.3. The molecule has 0 N–H and O–H groups in total. The third-order valence-corrected chi connectivity index (χ3v) is 2.59. The molecule has 0 aromatic heterocycles. The van der Waals surface area contributed by atoms with E-state index in [0.717, 1.165) is 31.4 Å². The summed E-state index contributed by atoms with van der Waals surface area (Å²) in [7, 11) is 0. The summed E-state index contributed by atoms with van der Waals surface area (Å²) in [6.45, 7) is 3.73. The van der Waals surface area contributed by atoms with Gasteiger partial charge in [0, 0.05) is 0 Å². The Labute approximate surface area is 112 Å². The molecule has 104 valence electrons. The van der Waals surface area contributed by atoms with E-state index < -0.39 is 29.3 Å². The van der Waals surface area contributed by atoms with Crippen LogP contribution in [0.15, 0.2) is 30.4 Å². The van der Waals surface area contributed by atoms with Gasteiger partial charge < -0.3 is 4.74 Å². The van der Waals surface area contributed by atoms with Crippen LogP contribution in [0, 0.1) is 11.6 Å². The Kier molecular flexibility index (Phi) is 6.19. The lowest BCUT2D eigenvalue weighted by Crippen LogP contribution is -2.15. The molecule has 0 fully saturated rings. The van der Waals surface area contributed by atoms with Crippen molar-refractivity contribution in [3.8, 4) is 0 Å². The molecule has 1 aromatic rings. The quantitative estimate of drug-likeness (QED) is 0.438. The first-order chi connectivity index (χ1) is 9.06. The minimum atomic E-state index is -0.983. The van der Waals surface area contributed by atoms with Gasteiger partial charge in [-0.3, -0.25) is 0 Å². The lowest BCUT2D eigenvalue weighted by atomic mass is 10.2. The summed E-state index contributed by atoms with van der Waals surface area (Å²) >= 11 is 0. The molecule has 0 aliphatic rings. The van der Waals surface area contributed by atoms with E-state index in [2.05, 4.69) is 6.92 Å². The number of hydrogen-bond donors (Lipinski definition) is 0. The van der Waals surface area contributed by atoms with Gasteiger partial charge in [-0.25, -0.2) is 13.6 Å². The number of halogens is 2. The first-order valence-corrected chi connectivity index (χ1v) is 6.38. The molecule has 0 aliphatic heterocycles. The van der Waals surface area contributed by atoms with E-state index in [9.17, 15) is 13.6 Å². The smallest absolute Gasteiger partial charge is 0.344 e. The average molecular weight is 268 g/mol. The molecule has 2 nitrogen and oxygen atoms in total. The second-order valence-corrected chi connectivity index (χ2v) is 4.28. The molecule has 0 spiro atoms. The second kappa shape index (κ2) is 7.67. The van der Waals surface area contributed by atoms with Crippen LogP contribution in [-0.2, 0) is 4.74 Å². The Bertz CT molecular complexity index is 435. The molecule has 0 aliphatic carbocycles. The van der Waals surface area contributed by atoms with E-state index in [1.807, 2.05) is 6.08 Å². The number of carbonyl (C=O) groups is 1. The standard InChI is InChI=1S/C15H18F2O2/c1-3-4-5-6-8-11(2)19-15(18)14-12(16)9-7-10-13(14)17/h6-11H,3-5H2,1-2H3/b8-6+. The van der Waals surface area contributed by atoms with Crippen LogP contribution in [-0.4, -0.2) is 12.1 Å². The van der Waals surface area contributed by atoms with E-state index in [-0.39, 0.29) is 0 Å². The number of allylic oxidation sites excluding steroid dienone is 1. The van der Waals surface area contributed by atoms with Crippen molar-refractivity contribution in [3.63, 3.8) is 0 Å². The van der Waals surface area contributed by atoms with Gasteiger partial charge in [-0.1, -0.05) is 31.9 Å². The van der Waals surface area contributed by atoms with Crippen molar-refractivity contribution in [3.05, 3.63) is 47.5 Å². The minimum absolute atomic E-state index is 0.511. The predicted molar refractivity (Wildman–Crippen MR) is 69.9 cm³/mol. The molecule has 1 unspecified atom stereocenters. The molecular formula is C15H18F2O2. The number of hydrogen-bond acceptors (Lipinski definition) is 2. The van der Waals surface area contributed by atoms with E-state index in [0.29, 0.717) is 0 Å². The van der Waals surface area contributed by atoms with Gasteiger partial charge in [0.2, 0.25) is 0 Å². The van der Waals surface area contributed by atoms with Crippen molar-refractivity contribution in [2.24, 2.45) is 0 Å². The number of rotatable bonds is 6. The molecule has 19 heavy (non-hydrogen) atoms. The number of benzene rings is 1. The Balaban J connectivity index is 2.62. The summed E-state index contributed by atoms with van der Waals surface area (Å²) in [6, 6.07) is 3.26. The second-order valence-electron chi connectivity index (χ2n) is 4.28. The Morgan fingerprint density at radius 1 is 1.37 bits per heavy atom. The monoisotopic (exact) mass is 268 g/mol. The van der Waals surface area contributed by atoms with Gasteiger partial charge in [-0.15, -0.1) is 0 Å². The number of ether oxygens (including phenoxy) is 1. The van der Waals surface area contributed by atoms with Crippen molar-refractivity contribution < 1.29 is 18.3 Å². The molecule has 1 aromatic carbocycles.